The molecule has 0 amide bonds. The molecule has 0 unspecified atom stereocenters. The average Bonchev–Trinajstić information content (AvgIpc) is 2.65. The van der Waals surface area contributed by atoms with Gasteiger partial charge in [-0.15, -0.1) is 0 Å². The van der Waals surface area contributed by atoms with Gasteiger partial charge in [0.15, 0.2) is 6.10 Å². The Hall–Kier alpha value is -3.13. The van der Waals surface area contributed by atoms with E-state index in [-0.39, 0.29) is 0 Å². The fraction of sp³-hybridized carbons (Fsp3) is 0.200. The van der Waals surface area contributed by atoms with Crippen LogP contribution < -0.4 is 9.46 Å². The van der Waals surface area contributed by atoms with Crippen LogP contribution in [-0.2, 0) is 19.6 Å². The van der Waals surface area contributed by atoms with E-state index in [1.165, 1.54) is 44.4 Å². The molecular formula is C20H21NO6S. The summed E-state index contributed by atoms with van der Waals surface area (Å²) in [5.41, 5.74) is 1.34. The average molecular weight is 403 g/mol. The molecule has 0 radical (unpaired) electrons. The largest absolute Gasteiger partial charge is 0.496 e. The molecule has 0 saturated carbocycles. The second-order valence-electron chi connectivity index (χ2n) is 5.97. The van der Waals surface area contributed by atoms with Crippen LogP contribution in [0.3, 0.4) is 0 Å². The molecule has 1 N–H and O–H groups in total. The third-order valence-corrected chi connectivity index (χ3v) is 4.28. The van der Waals surface area contributed by atoms with Gasteiger partial charge in [0.05, 0.1) is 13.4 Å². The summed E-state index contributed by atoms with van der Waals surface area (Å²) in [5, 5.41) is 0. The number of hydrogen-bond acceptors (Lipinski definition) is 6. The van der Waals surface area contributed by atoms with Gasteiger partial charge in [-0.1, -0.05) is 18.2 Å². The summed E-state index contributed by atoms with van der Waals surface area (Å²) in [6.07, 6.45) is 2.81. The highest BCUT2D eigenvalue weighted by atomic mass is 32.2. The smallest absolute Gasteiger partial charge is 0.331 e. The maximum absolute atomic E-state index is 12.4. The van der Waals surface area contributed by atoms with Crippen molar-refractivity contribution in [1.29, 1.82) is 0 Å². The van der Waals surface area contributed by atoms with Gasteiger partial charge in [-0.25, -0.2) is 13.2 Å². The van der Waals surface area contributed by atoms with Crippen molar-refractivity contribution < 1.29 is 27.5 Å². The van der Waals surface area contributed by atoms with Gasteiger partial charge in [0.2, 0.25) is 15.8 Å². The molecule has 0 aliphatic carbocycles. The zero-order valence-corrected chi connectivity index (χ0v) is 16.5. The molecule has 0 aliphatic rings. The van der Waals surface area contributed by atoms with Crippen LogP contribution >= 0.6 is 0 Å². The molecule has 8 heteroatoms. The number of sulfonamides is 1. The Kier molecular flexibility index (Phi) is 6.94. The van der Waals surface area contributed by atoms with Crippen molar-refractivity contribution in [3.63, 3.8) is 0 Å². The maximum atomic E-state index is 12.4. The quantitative estimate of drug-likeness (QED) is 0.413. The Labute approximate surface area is 164 Å². The minimum atomic E-state index is -3.40. The second-order valence-corrected chi connectivity index (χ2v) is 7.72. The number of para-hydroxylation sites is 1. The van der Waals surface area contributed by atoms with Crippen molar-refractivity contribution in [2.45, 2.75) is 13.0 Å². The molecule has 0 aliphatic heterocycles. The van der Waals surface area contributed by atoms with Crippen LogP contribution in [0.4, 0.5) is 5.69 Å². The van der Waals surface area contributed by atoms with E-state index in [4.69, 9.17) is 9.47 Å². The van der Waals surface area contributed by atoms with Crippen molar-refractivity contribution in [1.82, 2.24) is 0 Å². The summed E-state index contributed by atoms with van der Waals surface area (Å²) in [6, 6.07) is 13.0. The molecule has 0 fully saturated rings. The summed E-state index contributed by atoms with van der Waals surface area (Å²) in [5.74, 6) is -0.453. The Balaban J connectivity index is 1.99. The van der Waals surface area contributed by atoms with Gasteiger partial charge < -0.3 is 9.47 Å². The van der Waals surface area contributed by atoms with Crippen LogP contribution in [0, 0.1) is 0 Å². The van der Waals surface area contributed by atoms with Gasteiger partial charge in [-0.3, -0.25) is 9.52 Å². The Morgan fingerprint density at radius 2 is 1.71 bits per heavy atom. The number of hydrogen-bond donors (Lipinski definition) is 1. The Bertz CT molecular complexity index is 980. The number of esters is 1. The standard InChI is InChI=1S/C20H21NO6S/c1-14(20(23)16-8-11-17(12-9-16)21-28(3,24)25)27-19(22)13-10-15-6-4-5-7-18(15)26-2/h4-14,21H,1-3H3/b13-10+/t14-/m0/s1. The van der Waals surface area contributed by atoms with Crippen molar-refractivity contribution in [2.24, 2.45) is 0 Å². The van der Waals surface area contributed by atoms with E-state index in [0.717, 1.165) is 6.26 Å². The molecule has 7 nitrogen and oxygen atoms in total. The van der Waals surface area contributed by atoms with Gasteiger partial charge in [0.25, 0.3) is 0 Å². The molecule has 0 saturated heterocycles. The highest BCUT2D eigenvalue weighted by molar-refractivity contribution is 7.92. The number of carbonyl (C=O) groups excluding carboxylic acids is 2. The molecule has 2 aromatic carbocycles. The maximum Gasteiger partial charge on any atom is 0.331 e. The summed E-state index contributed by atoms with van der Waals surface area (Å²) >= 11 is 0. The predicted octanol–water partition coefficient (Wildman–Crippen LogP) is 2.89. The first-order valence-corrected chi connectivity index (χ1v) is 10.2. The van der Waals surface area contributed by atoms with Crippen LogP contribution in [0.25, 0.3) is 6.08 Å². The van der Waals surface area contributed by atoms with E-state index < -0.39 is 27.9 Å². The lowest BCUT2D eigenvalue weighted by atomic mass is 10.1. The van der Waals surface area contributed by atoms with Gasteiger partial charge in [0, 0.05) is 22.9 Å². The van der Waals surface area contributed by atoms with E-state index in [2.05, 4.69) is 4.72 Å². The number of benzene rings is 2. The molecule has 2 aromatic rings. The zero-order valence-electron chi connectivity index (χ0n) is 15.7. The molecule has 0 heterocycles. The van der Waals surface area contributed by atoms with Crippen molar-refractivity contribution in [3.05, 3.63) is 65.7 Å². The number of ether oxygens (including phenoxy) is 2. The molecule has 0 bridgehead atoms. The predicted molar refractivity (Wildman–Crippen MR) is 107 cm³/mol. The first-order chi connectivity index (χ1) is 13.2. The lowest BCUT2D eigenvalue weighted by Gasteiger charge is -2.11. The molecule has 2 rings (SSSR count). The molecule has 0 aromatic heterocycles. The normalized spacial score (nSPS) is 12.4. The molecule has 0 spiro atoms. The number of methoxy groups -OCH3 is 1. The molecule has 148 valence electrons. The topological polar surface area (TPSA) is 98.8 Å². The Morgan fingerprint density at radius 1 is 1.07 bits per heavy atom. The SMILES string of the molecule is COc1ccccc1/C=C/C(=O)O[C@@H](C)C(=O)c1ccc(NS(C)(=O)=O)cc1. The summed E-state index contributed by atoms with van der Waals surface area (Å²) in [6.45, 7) is 1.47. The second kappa shape index (κ2) is 9.18. The number of nitrogens with one attached hydrogen (secondary N) is 1. The third-order valence-electron chi connectivity index (χ3n) is 3.67. The Morgan fingerprint density at radius 3 is 2.32 bits per heavy atom. The van der Waals surface area contributed by atoms with Gasteiger partial charge in [-0.2, -0.15) is 0 Å². The number of anilines is 1. The highest BCUT2D eigenvalue weighted by Gasteiger charge is 2.18. The van der Waals surface area contributed by atoms with Gasteiger partial charge in [-0.05, 0) is 43.3 Å². The van der Waals surface area contributed by atoms with Crippen LogP contribution in [0.2, 0.25) is 0 Å². The first-order valence-electron chi connectivity index (χ1n) is 8.33. The van der Waals surface area contributed by atoms with Crippen LogP contribution in [0.1, 0.15) is 22.8 Å². The monoisotopic (exact) mass is 403 g/mol. The van der Waals surface area contributed by atoms with Gasteiger partial charge >= 0.3 is 5.97 Å². The number of ketones is 1. The van der Waals surface area contributed by atoms with Crippen LogP contribution in [0.5, 0.6) is 5.75 Å². The lowest BCUT2D eigenvalue weighted by Crippen LogP contribution is -2.23. The minimum absolute atomic E-state index is 0.299. The fourth-order valence-electron chi connectivity index (χ4n) is 2.38. The fourth-order valence-corrected chi connectivity index (χ4v) is 2.94. The molecule has 28 heavy (non-hydrogen) atoms. The zero-order chi connectivity index (χ0) is 20.7. The number of carbonyl (C=O) groups is 2. The van der Waals surface area contributed by atoms with E-state index in [9.17, 15) is 18.0 Å². The van der Waals surface area contributed by atoms with Crippen molar-refractivity contribution >= 4 is 33.5 Å². The van der Waals surface area contributed by atoms with Crippen LogP contribution in [0.15, 0.2) is 54.6 Å². The molecule has 1 atom stereocenters. The highest BCUT2D eigenvalue weighted by Crippen LogP contribution is 2.19. The van der Waals surface area contributed by atoms with Crippen molar-refractivity contribution in [3.8, 4) is 5.75 Å². The van der Waals surface area contributed by atoms with Crippen molar-refractivity contribution in [2.75, 3.05) is 18.1 Å². The summed E-state index contributed by atoms with van der Waals surface area (Å²) in [4.78, 5) is 24.4. The van der Waals surface area contributed by atoms with E-state index in [0.29, 0.717) is 22.6 Å². The number of Topliss-reactive ketones (excluding diaryl/α,β-unsaturated/α-hetero) is 1. The lowest BCUT2D eigenvalue weighted by molar-refractivity contribution is -0.140. The van der Waals surface area contributed by atoms with E-state index in [1.807, 2.05) is 12.1 Å². The minimum Gasteiger partial charge on any atom is -0.496 e. The van der Waals surface area contributed by atoms with E-state index in [1.54, 1.807) is 18.2 Å². The summed E-state index contributed by atoms with van der Waals surface area (Å²) in [7, 11) is -1.87. The first kappa shape index (κ1) is 21.2. The van der Waals surface area contributed by atoms with E-state index >= 15 is 0 Å². The number of rotatable bonds is 8. The third kappa shape index (κ3) is 6.24. The van der Waals surface area contributed by atoms with Gasteiger partial charge in [0.1, 0.15) is 5.75 Å². The van der Waals surface area contributed by atoms with Crippen LogP contribution in [-0.4, -0.2) is 39.6 Å². The molecular weight excluding hydrogens is 382 g/mol. The summed E-state index contributed by atoms with van der Waals surface area (Å²) < 4.78 is 35.1.